The number of benzene rings is 2. The Kier molecular flexibility index (Phi) is 5.25. The monoisotopic (exact) mass is 302 g/mol. The molecule has 0 atom stereocenters. The van der Waals surface area contributed by atoms with Gasteiger partial charge in [-0.15, -0.1) is 11.6 Å². The zero-order valence-electron chi connectivity index (χ0n) is 12.0. The maximum atomic E-state index is 13.7. The highest BCUT2D eigenvalue weighted by Gasteiger charge is 2.05. The Bertz CT molecular complexity index is 698. The summed E-state index contributed by atoms with van der Waals surface area (Å²) in [6.07, 6.45) is 0. The van der Waals surface area contributed by atoms with E-state index in [4.69, 9.17) is 16.3 Å². The van der Waals surface area contributed by atoms with Crippen molar-refractivity contribution in [1.82, 2.24) is 0 Å². The van der Waals surface area contributed by atoms with E-state index < -0.39 is 5.82 Å². The first-order valence-corrected chi connectivity index (χ1v) is 7.17. The van der Waals surface area contributed by atoms with Gasteiger partial charge < -0.3 is 4.74 Å². The Balaban J connectivity index is 2.13. The van der Waals surface area contributed by atoms with Gasteiger partial charge in [-0.2, -0.15) is 0 Å². The van der Waals surface area contributed by atoms with Crippen LogP contribution in [-0.2, 0) is 6.61 Å². The largest absolute Gasteiger partial charge is 0.486 e. The van der Waals surface area contributed by atoms with Crippen molar-refractivity contribution in [1.29, 1.82) is 0 Å². The molecule has 0 aliphatic rings. The lowest BCUT2D eigenvalue weighted by Gasteiger charge is -2.09. The van der Waals surface area contributed by atoms with Crippen molar-refractivity contribution in [2.24, 2.45) is 0 Å². The summed E-state index contributed by atoms with van der Waals surface area (Å²) in [4.78, 5) is 0. The fourth-order valence-electron chi connectivity index (χ4n) is 1.88. The van der Waals surface area contributed by atoms with Gasteiger partial charge in [0.05, 0.1) is 5.88 Å². The average molecular weight is 303 g/mol. The Morgan fingerprint density at radius 3 is 2.62 bits per heavy atom. The van der Waals surface area contributed by atoms with Gasteiger partial charge in [0.25, 0.3) is 0 Å². The van der Waals surface area contributed by atoms with Crippen LogP contribution in [0.5, 0.6) is 5.75 Å². The molecule has 0 aliphatic heterocycles. The molecule has 0 fully saturated rings. The lowest BCUT2D eigenvalue weighted by molar-refractivity contribution is 0.290. The molecule has 0 amide bonds. The van der Waals surface area contributed by atoms with Crippen molar-refractivity contribution in [3.05, 3.63) is 64.5 Å². The summed E-state index contributed by atoms with van der Waals surface area (Å²) in [5.41, 5.74) is 4.11. The molecular formula is C18H16ClFO. The predicted octanol–water partition coefficient (Wildman–Crippen LogP) is 4.61. The quantitative estimate of drug-likeness (QED) is 0.594. The summed E-state index contributed by atoms with van der Waals surface area (Å²) in [7, 11) is 0. The number of alkyl halides is 1. The smallest absolute Gasteiger partial charge is 0.165 e. The number of rotatable bonds is 3. The summed E-state index contributed by atoms with van der Waals surface area (Å²) in [5.74, 6) is 5.64. The molecule has 0 bridgehead atoms. The highest BCUT2D eigenvalue weighted by molar-refractivity contribution is 6.19. The van der Waals surface area contributed by atoms with E-state index in [1.807, 2.05) is 25.1 Å². The normalized spacial score (nSPS) is 9.90. The molecule has 0 saturated carbocycles. The SMILES string of the molecule is Cc1ccc(COc2cc(C#CCCl)ccc2F)cc1C. The van der Waals surface area contributed by atoms with E-state index in [-0.39, 0.29) is 11.6 Å². The molecule has 0 aromatic heterocycles. The third-order valence-electron chi connectivity index (χ3n) is 3.20. The van der Waals surface area contributed by atoms with Gasteiger partial charge in [0.15, 0.2) is 11.6 Å². The third-order valence-corrected chi connectivity index (χ3v) is 3.33. The molecule has 1 nitrogen and oxygen atoms in total. The van der Waals surface area contributed by atoms with Crippen LogP contribution in [0.15, 0.2) is 36.4 Å². The van der Waals surface area contributed by atoms with Crippen molar-refractivity contribution < 1.29 is 9.13 Å². The lowest BCUT2D eigenvalue weighted by Crippen LogP contribution is -1.99. The van der Waals surface area contributed by atoms with E-state index in [0.29, 0.717) is 12.2 Å². The number of ether oxygens (including phenoxy) is 1. The van der Waals surface area contributed by atoms with Crippen LogP contribution in [0, 0.1) is 31.5 Å². The fraction of sp³-hybridized carbons (Fsp3) is 0.222. The summed E-state index contributed by atoms with van der Waals surface area (Å²) in [6.45, 7) is 4.42. The molecule has 2 aromatic carbocycles. The topological polar surface area (TPSA) is 9.23 Å². The molecule has 21 heavy (non-hydrogen) atoms. The lowest BCUT2D eigenvalue weighted by atomic mass is 10.1. The second kappa shape index (κ2) is 7.15. The van der Waals surface area contributed by atoms with E-state index in [0.717, 1.165) is 5.56 Å². The molecule has 108 valence electrons. The van der Waals surface area contributed by atoms with Gasteiger partial charge in [-0.3, -0.25) is 0 Å². The molecule has 0 aliphatic carbocycles. The van der Waals surface area contributed by atoms with Crippen molar-refractivity contribution in [3.8, 4) is 17.6 Å². The van der Waals surface area contributed by atoms with Crippen LogP contribution >= 0.6 is 11.6 Å². The molecule has 0 spiro atoms. The first kappa shape index (κ1) is 15.4. The second-order valence-corrected chi connectivity index (χ2v) is 5.06. The molecule has 3 heteroatoms. The number of hydrogen-bond donors (Lipinski definition) is 0. The standard InChI is InChI=1S/C18H16ClFO/c1-13-5-6-16(10-14(13)2)12-21-18-11-15(4-3-9-19)7-8-17(18)20/h5-8,10-11H,9,12H2,1-2H3. The van der Waals surface area contributed by atoms with E-state index in [2.05, 4.69) is 18.8 Å². The van der Waals surface area contributed by atoms with Crippen LogP contribution in [-0.4, -0.2) is 5.88 Å². The average Bonchev–Trinajstić information content (AvgIpc) is 2.48. The number of hydrogen-bond acceptors (Lipinski definition) is 1. The van der Waals surface area contributed by atoms with Crippen LogP contribution in [0.4, 0.5) is 4.39 Å². The van der Waals surface area contributed by atoms with Crippen LogP contribution in [0.25, 0.3) is 0 Å². The van der Waals surface area contributed by atoms with Crippen molar-refractivity contribution in [2.45, 2.75) is 20.5 Å². The van der Waals surface area contributed by atoms with E-state index >= 15 is 0 Å². The maximum absolute atomic E-state index is 13.7. The van der Waals surface area contributed by atoms with Crippen molar-refractivity contribution in [3.63, 3.8) is 0 Å². The Morgan fingerprint density at radius 2 is 1.90 bits per heavy atom. The second-order valence-electron chi connectivity index (χ2n) is 4.79. The summed E-state index contributed by atoms with van der Waals surface area (Å²) in [6, 6.07) is 10.6. The van der Waals surface area contributed by atoms with Gasteiger partial charge in [0.1, 0.15) is 6.61 Å². The third kappa shape index (κ3) is 4.24. The van der Waals surface area contributed by atoms with Crippen molar-refractivity contribution >= 4 is 11.6 Å². The minimum atomic E-state index is -0.393. The van der Waals surface area contributed by atoms with Crippen LogP contribution < -0.4 is 4.74 Å². The van der Waals surface area contributed by atoms with Crippen LogP contribution in [0.3, 0.4) is 0 Å². The summed E-state index contributed by atoms with van der Waals surface area (Å²) < 4.78 is 19.3. The zero-order chi connectivity index (χ0) is 15.2. The van der Waals surface area contributed by atoms with Gasteiger partial charge in [0.2, 0.25) is 0 Å². The highest BCUT2D eigenvalue weighted by Crippen LogP contribution is 2.20. The van der Waals surface area contributed by atoms with Gasteiger partial charge in [-0.25, -0.2) is 4.39 Å². The molecule has 0 unspecified atom stereocenters. The van der Waals surface area contributed by atoms with Gasteiger partial charge >= 0.3 is 0 Å². The minimum Gasteiger partial charge on any atom is -0.486 e. The van der Waals surface area contributed by atoms with E-state index in [1.165, 1.54) is 17.2 Å². The number of aryl methyl sites for hydroxylation is 2. The Morgan fingerprint density at radius 1 is 1.10 bits per heavy atom. The molecule has 0 heterocycles. The molecular weight excluding hydrogens is 287 g/mol. The zero-order valence-corrected chi connectivity index (χ0v) is 12.8. The van der Waals surface area contributed by atoms with E-state index in [9.17, 15) is 4.39 Å². The Labute approximate surface area is 129 Å². The molecule has 2 rings (SSSR count). The first-order valence-electron chi connectivity index (χ1n) is 6.63. The molecule has 0 saturated heterocycles. The predicted molar refractivity (Wildman–Crippen MR) is 84.2 cm³/mol. The van der Waals surface area contributed by atoms with Crippen LogP contribution in [0.2, 0.25) is 0 Å². The van der Waals surface area contributed by atoms with Gasteiger partial charge in [-0.1, -0.05) is 30.0 Å². The first-order chi connectivity index (χ1) is 10.1. The molecule has 0 radical (unpaired) electrons. The fourth-order valence-corrected chi connectivity index (χ4v) is 1.95. The molecule has 0 N–H and O–H groups in total. The van der Waals surface area contributed by atoms with Crippen LogP contribution in [0.1, 0.15) is 22.3 Å². The molecule has 2 aromatic rings. The number of halogens is 2. The summed E-state index contributed by atoms with van der Waals surface area (Å²) >= 11 is 5.51. The Hall–Kier alpha value is -1.98. The minimum absolute atomic E-state index is 0.203. The highest BCUT2D eigenvalue weighted by atomic mass is 35.5. The van der Waals surface area contributed by atoms with Gasteiger partial charge in [-0.05, 0) is 48.7 Å². The van der Waals surface area contributed by atoms with E-state index in [1.54, 1.807) is 12.1 Å². The summed E-state index contributed by atoms with van der Waals surface area (Å²) in [5, 5.41) is 0. The van der Waals surface area contributed by atoms with Crippen molar-refractivity contribution in [2.75, 3.05) is 5.88 Å². The maximum Gasteiger partial charge on any atom is 0.165 e. The van der Waals surface area contributed by atoms with Gasteiger partial charge in [0, 0.05) is 5.56 Å².